The monoisotopic (exact) mass is 313 g/mol. The Hall–Kier alpha value is -0.810. The molecular formula is C17H31NO4. The molecule has 5 heteroatoms. The van der Waals surface area contributed by atoms with Crippen LogP contribution in [-0.2, 0) is 4.74 Å². The lowest BCUT2D eigenvalue weighted by molar-refractivity contribution is 0.0681. The molecule has 1 amide bonds. The van der Waals surface area contributed by atoms with Crippen LogP contribution in [0.3, 0.4) is 0 Å². The van der Waals surface area contributed by atoms with Crippen molar-refractivity contribution in [1.29, 1.82) is 0 Å². The van der Waals surface area contributed by atoms with Gasteiger partial charge in [-0.05, 0) is 30.6 Å². The van der Waals surface area contributed by atoms with E-state index in [1.54, 1.807) is 0 Å². The fourth-order valence-corrected chi connectivity index (χ4v) is 3.85. The summed E-state index contributed by atoms with van der Waals surface area (Å²) in [4.78, 5) is 11.1. The Bertz CT molecular complexity index is 349. The van der Waals surface area contributed by atoms with E-state index >= 15 is 0 Å². The van der Waals surface area contributed by atoms with Crippen LogP contribution in [0.2, 0.25) is 0 Å². The molecule has 1 saturated carbocycles. The molecule has 3 N–H and O–H groups in total. The molecule has 2 aliphatic rings. The van der Waals surface area contributed by atoms with E-state index in [4.69, 9.17) is 9.84 Å². The molecule has 1 unspecified atom stereocenters. The standard InChI is InChI=1S/C17H31NO4/c1-11(2)13(16-10-22-16)9-15(19)14(18-17(20)21)8-12-6-4-3-5-7-12/h11-16,18-19H,3-10H2,1-2H3,(H,20,21)/t13-,14-,15-,16?/m0/s1. The van der Waals surface area contributed by atoms with Crippen LogP contribution in [-0.4, -0.2) is 41.2 Å². The number of hydrogen-bond donors (Lipinski definition) is 3. The summed E-state index contributed by atoms with van der Waals surface area (Å²) in [5.74, 6) is 1.27. The summed E-state index contributed by atoms with van der Waals surface area (Å²) in [6.07, 6.45) is 5.99. The topological polar surface area (TPSA) is 82.1 Å². The molecule has 1 heterocycles. The third-order valence-corrected chi connectivity index (χ3v) is 5.29. The van der Waals surface area contributed by atoms with Gasteiger partial charge in [-0.3, -0.25) is 0 Å². The molecule has 0 spiro atoms. The number of amides is 1. The Kier molecular flexibility index (Phi) is 6.50. The number of hydrogen-bond acceptors (Lipinski definition) is 3. The average molecular weight is 313 g/mol. The Morgan fingerprint density at radius 3 is 2.41 bits per heavy atom. The second-order valence-corrected chi connectivity index (χ2v) is 7.38. The zero-order chi connectivity index (χ0) is 16.1. The highest BCUT2D eigenvalue weighted by Crippen LogP contribution is 2.33. The fourth-order valence-electron chi connectivity index (χ4n) is 3.85. The summed E-state index contributed by atoms with van der Waals surface area (Å²) in [6, 6.07) is -0.361. The van der Waals surface area contributed by atoms with E-state index in [-0.39, 0.29) is 12.1 Å². The number of aliphatic hydroxyl groups excluding tert-OH is 1. The Labute approximate surface area is 133 Å². The molecule has 22 heavy (non-hydrogen) atoms. The maximum absolute atomic E-state index is 11.1. The van der Waals surface area contributed by atoms with Gasteiger partial charge in [-0.15, -0.1) is 0 Å². The molecule has 0 radical (unpaired) electrons. The summed E-state index contributed by atoms with van der Waals surface area (Å²) in [5, 5.41) is 22.2. The molecule has 4 atom stereocenters. The SMILES string of the molecule is CC(C)[C@H](C[C@H](O)[C@H](CC1CCCCC1)NC(=O)O)C1CO1. The van der Waals surface area contributed by atoms with Gasteiger partial charge in [0, 0.05) is 0 Å². The predicted molar refractivity (Wildman–Crippen MR) is 84.8 cm³/mol. The van der Waals surface area contributed by atoms with Gasteiger partial charge in [0.05, 0.1) is 24.9 Å². The van der Waals surface area contributed by atoms with Crippen molar-refractivity contribution in [3.8, 4) is 0 Å². The first kappa shape index (κ1) is 17.5. The van der Waals surface area contributed by atoms with Crippen LogP contribution in [0.25, 0.3) is 0 Å². The zero-order valence-corrected chi connectivity index (χ0v) is 13.8. The summed E-state index contributed by atoms with van der Waals surface area (Å²) in [5.41, 5.74) is 0. The van der Waals surface area contributed by atoms with Crippen LogP contribution >= 0.6 is 0 Å². The number of aliphatic hydroxyl groups is 1. The highest BCUT2D eigenvalue weighted by Gasteiger charge is 2.38. The summed E-state index contributed by atoms with van der Waals surface area (Å²) >= 11 is 0. The first-order chi connectivity index (χ1) is 10.5. The molecule has 1 saturated heterocycles. The summed E-state index contributed by atoms with van der Waals surface area (Å²) < 4.78 is 5.40. The largest absolute Gasteiger partial charge is 0.465 e. The molecule has 0 aromatic heterocycles. The van der Waals surface area contributed by atoms with Gasteiger partial charge in [-0.2, -0.15) is 0 Å². The number of carbonyl (C=O) groups is 1. The van der Waals surface area contributed by atoms with Crippen molar-refractivity contribution in [3.63, 3.8) is 0 Å². The fraction of sp³-hybridized carbons (Fsp3) is 0.941. The minimum absolute atomic E-state index is 0.245. The lowest BCUT2D eigenvalue weighted by atomic mass is 9.80. The minimum atomic E-state index is -1.04. The van der Waals surface area contributed by atoms with Gasteiger partial charge >= 0.3 is 6.09 Å². The third kappa shape index (κ3) is 5.43. The molecule has 5 nitrogen and oxygen atoms in total. The maximum atomic E-state index is 11.1. The van der Waals surface area contributed by atoms with E-state index in [0.29, 0.717) is 24.2 Å². The van der Waals surface area contributed by atoms with E-state index in [9.17, 15) is 9.90 Å². The number of carboxylic acid groups (broad SMARTS) is 1. The summed E-state index contributed by atoms with van der Waals surface area (Å²) in [6.45, 7) is 5.05. The van der Waals surface area contributed by atoms with Crippen molar-refractivity contribution < 1.29 is 19.7 Å². The number of ether oxygens (including phenoxy) is 1. The lowest BCUT2D eigenvalue weighted by Crippen LogP contribution is -2.45. The molecule has 1 aliphatic heterocycles. The average Bonchev–Trinajstić information content (AvgIpc) is 3.28. The molecule has 0 aromatic rings. The van der Waals surface area contributed by atoms with E-state index in [2.05, 4.69) is 19.2 Å². The van der Waals surface area contributed by atoms with Crippen molar-refractivity contribution in [2.75, 3.05) is 6.61 Å². The lowest BCUT2D eigenvalue weighted by Gasteiger charge is -2.31. The van der Waals surface area contributed by atoms with Crippen LogP contribution in [0, 0.1) is 17.8 Å². The van der Waals surface area contributed by atoms with Gasteiger partial charge in [-0.1, -0.05) is 46.0 Å². The molecule has 2 fully saturated rings. The molecule has 128 valence electrons. The van der Waals surface area contributed by atoms with Crippen molar-refractivity contribution in [3.05, 3.63) is 0 Å². The molecule has 2 rings (SSSR count). The number of epoxide rings is 1. The van der Waals surface area contributed by atoms with Crippen LogP contribution in [0.4, 0.5) is 4.79 Å². The van der Waals surface area contributed by atoms with Gasteiger partial charge in [0.25, 0.3) is 0 Å². The Morgan fingerprint density at radius 2 is 1.91 bits per heavy atom. The Balaban J connectivity index is 1.91. The van der Waals surface area contributed by atoms with Crippen molar-refractivity contribution >= 4 is 6.09 Å². The van der Waals surface area contributed by atoms with E-state index in [0.717, 1.165) is 25.9 Å². The third-order valence-electron chi connectivity index (χ3n) is 5.29. The number of nitrogens with one attached hydrogen (secondary N) is 1. The second kappa shape index (κ2) is 8.16. The minimum Gasteiger partial charge on any atom is -0.465 e. The van der Waals surface area contributed by atoms with Crippen LogP contribution in [0.5, 0.6) is 0 Å². The molecule has 0 bridgehead atoms. The second-order valence-electron chi connectivity index (χ2n) is 7.38. The number of rotatable bonds is 8. The quantitative estimate of drug-likeness (QED) is 0.602. The normalized spacial score (nSPS) is 26.5. The van der Waals surface area contributed by atoms with Crippen molar-refractivity contribution in [2.45, 2.75) is 77.0 Å². The first-order valence-corrected chi connectivity index (χ1v) is 8.76. The van der Waals surface area contributed by atoms with Crippen LogP contribution in [0.1, 0.15) is 58.8 Å². The molecule has 1 aliphatic carbocycles. The Morgan fingerprint density at radius 1 is 1.27 bits per heavy atom. The van der Waals surface area contributed by atoms with Crippen molar-refractivity contribution in [2.24, 2.45) is 17.8 Å². The van der Waals surface area contributed by atoms with Crippen LogP contribution < -0.4 is 5.32 Å². The van der Waals surface area contributed by atoms with E-state index in [1.165, 1.54) is 19.3 Å². The maximum Gasteiger partial charge on any atom is 0.404 e. The van der Waals surface area contributed by atoms with Gasteiger partial charge in [0.2, 0.25) is 0 Å². The van der Waals surface area contributed by atoms with Gasteiger partial charge in [-0.25, -0.2) is 4.79 Å². The first-order valence-electron chi connectivity index (χ1n) is 8.76. The smallest absolute Gasteiger partial charge is 0.404 e. The zero-order valence-electron chi connectivity index (χ0n) is 13.8. The highest BCUT2D eigenvalue weighted by molar-refractivity contribution is 5.64. The highest BCUT2D eigenvalue weighted by atomic mass is 16.6. The van der Waals surface area contributed by atoms with Gasteiger partial charge in [0.1, 0.15) is 0 Å². The van der Waals surface area contributed by atoms with Crippen molar-refractivity contribution in [1.82, 2.24) is 5.32 Å². The van der Waals surface area contributed by atoms with E-state index in [1.807, 2.05) is 0 Å². The summed E-state index contributed by atoms with van der Waals surface area (Å²) in [7, 11) is 0. The molecule has 0 aromatic carbocycles. The van der Waals surface area contributed by atoms with Gasteiger partial charge < -0.3 is 20.3 Å². The predicted octanol–water partition coefficient (Wildman–Crippen LogP) is 3.02. The van der Waals surface area contributed by atoms with Gasteiger partial charge in [0.15, 0.2) is 0 Å². The molecular weight excluding hydrogens is 282 g/mol. The van der Waals surface area contributed by atoms with Crippen LogP contribution in [0.15, 0.2) is 0 Å². The van der Waals surface area contributed by atoms with E-state index < -0.39 is 12.2 Å².